The van der Waals surface area contributed by atoms with Crippen LogP contribution in [0.15, 0.2) is 29.3 Å². The number of nitrogens with zero attached hydrogens (tertiary/aromatic N) is 5. The Labute approximate surface area is 137 Å². The molecule has 8 heteroatoms. The van der Waals surface area contributed by atoms with E-state index in [1.807, 2.05) is 32.0 Å². The summed E-state index contributed by atoms with van der Waals surface area (Å²) in [7, 11) is 1.27. The smallest absolute Gasteiger partial charge is 0.328 e. The highest BCUT2D eigenvalue weighted by Gasteiger charge is 2.20. The van der Waals surface area contributed by atoms with Crippen molar-refractivity contribution in [1.82, 2.24) is 24.5 Å². The first kappa shape index (κ1) is 15.9. The summed E-state index contributed by atoms with van der Waals surface area (Å²) in [5.41, 5.74) is 3.04. The van der Waals surface area contributed by atoms with Crippen molar-refractivity contribution in [2.75, 3.05) is 7.11 Å². The molecule has 0 aliphatic heterocycles. The normalized spacial score (nSPS) is 12.3. The van der Waals surface area contributed by atoms with Crippen LogP contribution < -0.4 is 5.56 Å². The van der Waals surface area contributed by atoms with Gasteiger partial charge in [0.15, 0.2) is 11.2 Å². The molecular formula is C16H17N5O3. The van der Waals surface area contributed by atoms with E-state index in [9.17, 15) is 9.59 Å². The second kappa shape index (κ2) is 5.88. The molecule has 0 saturated carbocycles. The van der Waals surface area contributed by atoms with Gasteiger partial charge in [0.25, 0.3) is 5.56 Å². The summed E-state index contributed by atoms with van der Waals surface area (Å²) in [6, 6.07) is 5.03. The predicted molar refractivity (Wildman–Crippen MR) is 87.1 cm³/mol. The third kappa shape index (κ3) is 2.45. The molecule has 0 N–H and O–H groups in total. The van der Waals surface area contributed by atoms with Crippen LogP contribution in [0, 0.1) is 13.8 Å². The van der Waals surface area contributed by atoms with Crippen molar-refractivity contribution < 1.29 is 9.53 Å². The summed E-state index contributed by atoms with van der Waals surface area (Å²) in [5, 5.41) is 7.98. The van der Waals surface area contributed by atoms with Crippen molar-refractivity contribution in [1.29, 1.82) is 0 Å². The van der Waals surface area contributed by atoms with Gasteiger partial charge in [-0.1, -0.05) is 11.3 Å². The predicted octanol–water partition coefficient (Wildman–Crippen LogP) is 1.33. The van der Waals surface area contributed by atoms with Crippen LogP contribution in [0.3, 0.4) is 0 Å². The van der Waals surface area contributed by atoms with E-state index < -0.39 is 17.6 Å². The van der Waals surface area contributed by atoms with Gasteiger partial charge in [-0.25, -0.2) is 9.78 Å². The molecule has 0 saturated heterocycles. The number of benzene rings is 1. The maximum atomic E-state index is 12.6. The number of hydrogen-bond acceptors (Lipinski definition) is 6. The highest BCUT2D eigenvalue weighted by Crippen LogP contribution is 2.16. The summed E-state index contributed by atoms with van der Waals surface area (Å²) in [4.78, 5) is 28.5. The first-order valence-electron chi connectivity index (χ1n) is 7.42. The van der Waals surface area contributed by atoms with Crippen LogP contribution in [0.1, 0.15) is 24.1 Å². The fraction of sp³-hybridized carbons (Fsp3) is 0.312. The highest BCUT2D eigenvalue weighted by atomic mass is 16.5. The maximum Gasteiger partial charge on any atom is 0.328 e. The molecular weight excluding hydrogens is 310 g/mol. The van der Waals surface area contributed by atoms with Crippen molar-refractivity contribution in [3.05, 3.63) is 46.0 Å². The van der Waals surface area contributed by atoms with Gasteiger partial charge in [0, 0.05) is 0 Å². The molecule has 0 radical (unpaired) electrons. The van der Waals surface area contributed by atoms with Crippen molar-refractivity contribution in [3.8, 4) is 5.69 Å². The van der Waals surface area contributed by atoms with Gasteiger partial charge >= 0.3 is 5.97 Å². The van der Waals surface area contributed by atoms with Gasteiger partial charge in [-0.05, 0) is 44.0 Å². The molecule has 2 aromatic heterocycles. The molecule has 0 unspecified atom stereocenters. The first-order chi connectivity index (χ1) is 11.4. The summed E-state index contributed by atoms with van der Waals surface area (Å²) < 4.78 is 7.36. The largest absolute Gasteiger partial charge is 0.467 e. The van der Waals surface area contributed by atoms with E-state index in [1.165, 1.54) is 22.7 Å². The molecule has 3 rings (SSSR count). The van der Waals surface area contributed by atoms with E-state index in [4.69, 9.17) is 0 Å². The van der Waals surface area contributed by atoms with Gasteiger partial charge in [0.05, 0.1) is 12.8 Å². The molecule has 0 spiro atoms. The van der Waals surface area contributed by atoms with E-state index in [1.54, 1.807) is 6.92 Å². The number of aromatic nitrogens is 5. The standard InChI is InChI=1S/C16H17N5O3/c1-9-5-6-12(7-10(9)2)21-14-13(18-19-21)15(22)20(8-17-14)11(3)16(23)24-4/h5-8,11H,1-4H3/t11-/m0/s1. The Kier molecular flexibility index (Phi) is 3.88. The van der Waals surface area contributed by atoms with E-state index in [-0.39, 0.29) is 5.52 Å². The molecule has 8 nitrogen and oxygen atoms in total. The van der Waals surface area contributed by atoms with Crippen LogP contribution in [0.25, 0.3) is 16.9 Å². The van der Waals surface area contributed by atoms with Gasteiger partial charge in [-0.2, -0.15) is 4.68 Å². The summed E-state index contributed by atoms with van der Waals surface area (Å²) >= 11 is 0. The average Bonchev–Trinajstić information content (AvgIpc) is 3.01. The van der Waals surface area contributed by atoms with E-state index in [0.29, 0.717) is 5.65 Å². The molecule has 1 atom stereocenters. The molecule has 124 valence electrons. The molecule has 1 aromatic carbocycles. The van der Waals surface area contributed by atoms with Crippen LogP contribution in [0.2, 0.25) is 0 Å². The van der Waals surface area contributed by atoms with E-state index in [2.05, 4.69) is 20.0 Å². The molecule has 0 bridgehead atoms. The molecule has 3 aromatic rings. The number of methoxy groups -OCH3 is 1. The van der Waals surface area contributed by atoms with Gasteiger partial charge in [0.2, 0.25) is 0 Å². The molecule has 24 heavy (non-hydrogen) atoms. The Morgan fingerprint density at radius 1 is 1.25 bits per heavy atom. The lowest BCUT2D eigenvalue weighted by molar-refractivity contribution is -0.144. The van der Waals surface area contributed by atoms with Crippen molar-refractivity contribution in [3.63, 3.8) is 0 Å². The number of rotatable bonds is 3. The Morgan fingerprint density at radius 2 is 2.00 bits per heavy atom. The van der Waals surface area contributed by atoms with E-state index in [0.717, 1.165) is 16.8 Å². The van der Waals surface area contributed by atoms with Gasteiger partial charge in [-0.15, -0.1) is 5.10 Å². The Bertz CT molecular complexity index is 989. The fourth-order valence-corrected chi connectivity index (χ4v) is 2.41. The van der Waals surface area contributed by atoms with Gasteiger partial charge in [0.1, 0.15) is 12.4 Å². The second-order valence-corrected chi connectivity index (χ2v) is 5.60. The lowest BCUT2D eigenvalue weighted by Crippen LogP contribution is -2.29. The van der Waals surface area contributed by atoms with Crippen LogP contribution >= 0.6 is 0 Å². The Balaban J connectivity index is 2.15. The minimum absolute atomic E-state index is 0.103. The minimum Gasteiger partial charge on any atom is -0.467 e. The second-order valence-electron chi connectivity index (χ2n) is 5.60. The van der Waals surface area contributed by atoms with Gasteiger partial charge in [-0.3, -0.25) is 9.36 Å². The van der Waals surface area contributed by atoms with Crippen molar-refractivity contribution in [2.45, 2.75) is 26.8 Å². The zero-order valence-corrected chi connectivity index (χ0v) is 13.8. The Morgan fingerprint density at radius 3 is 2.67 bits per heavy atom. The SMILES string of the molecule is COC(=O)[C@H](C)n1cnc2c(nnn2-c2ccc(C)c(C)c2)c1=O. The third-order valence-corrected chi connectivity index (χ3v) is 4.08. The van der Waals surface area contributed by atoms with Crippen LogP contribution in [0.4, 0.5) is 0 Å². The minimum atomic E-state index is -0.786. The molecule has 0 fully saturated rings. The first-order valence-corrected chi connectivity index (χ1v) is 7.42. The van der Waals surface area contributed by atoms with Crippen LogP contribution in [0.5, 0.6) is 0 Å². The third-order valence-electron chi connectivity index (χ3n) is 4.08. The van der Waals surface area contributed by atoms with Crippen molar-refractivity contribution >= 4 is 17.1 Å². The zero-order valence-electron chi connectivity index (χ0n) is 13.8. The van der Waals surface area contributed by atoms with Crippen molar-refractivity contribution in [2.24, 2.45) is 0 Å². The number of fused-ring (bicyclic) bond motifs is 1. The molecule has 2 heterocycles. The quantitative estimate of drug-likeness (QED) is 0.674. The topological polar surface area (TPSA) is 91.9 Å². The number of esters is 1. The fourth-order valence-electron chi connectivity index (χ4n) is 2.41. The average molecular weight is 327 g/mol. The number of aryl methyl sites for hydroxylation is 2. The number of ether oxygens (including phenoxy) is 1. The molecule has 0 aliphatic carbocycles. The lowest BCUT2D eigenvalue weighted by atomic mass is 10.1. The van der Waals surface area contributed by atoms with Gasteiger partial charge < -0.3 is 4.74 Å². The van der Waals surface area contributed by atoms with Crippen LogP contribution in [-0.2, 0) is 9.53 Å². The summed E-state index contributed by atoms with van der Waals surface area (Å²) in [6.45, 7) is 5.58. The lowest BCUT2D eigenvalue weighted by Gasteiger charge is -2.11. The maximum absolute atomic E-state index is 12.6. The summed E-state index contributed by atoms with van der Waals surface area (Å²) in [6.07, 6.45) is 1.31. The van der Waals surface area contributed by atoms with Crippen LogP contribution in [-0.4, -0.2) is 37.6 Å². The Hall–Kier alpha value is -3.03. The van der Waals surface area contributed by atoms with E-state index >= 15 is 0 Å². The number of carbonyl (C=O) groups is 1. The number of carbonyl (C=O) groups excluding carboxylic acids is 1. The molecule has 0 aliphatic rings. The number of hydrogen-bond donors (Lipinski definition) is 0. The summed E-state index contributed by atoms with van der Waals surface area (Å²) in [5.74, 6) is -0.528. The monoisotopic (exact) mass is 327 g/mol. The highest BCUT2D eigenvalue weighted by molar-refractivity contribution is 5.75. The zero-order chi connectivity index (χ0) is 17.4. The molecule has 0 amide bonds.